The van der Waals surface area contributed by atoms with Crippen LogP contribution in [0.4, 0.5) is 23.2 Å². The van der Waals surface area contributed by atoms with E-state index in [1.165, 1.54) is 18.2 Å². The van der Waals surface area contributed by atoms with E-state index in [1.54, 1.807) is 25.1 Å². The highest BCUT2D eigenvalue weighted by Gasteiger charge is 2.35. The summed E-state index contributed by atoms with van der Waals surface area (Å²) in [5.74, 6) is -1.88. The maximum absolute atomic E-state index is 14.8. The van der Waals surface area contributed by atoms with Gasteiger partial charge in [0.1, 0.15) is 11.6 Å². The SMILES string of the molecule is CC(C(=O)CCc1cc(C(F)(F)F)nn1-c1cccc(Cl)c1)c1ccc(N2CCCS2(=O)=O)c(F)c1. The van der Waals surface area contributed by atoms with Crippen LogP contribution in [0.2, 0.25) is 5.02 Å². The lowest BCUT2D eigenvalue weighted by Gasteiger charge is -2.19. The van der Waals surface area contributed by atoms with Crippen molar-refractivity contribution in [1.29, 1.82) is 0 Å². The summed E-state index contributed by atoms with van der Waals surface area (Å²) in [7, 11) is -3.56. The van der Waals surface area contributed by atoms with E-state index in [-0.39, 0.29) is 42.3 Å². The molecule has 1 atom stereocenters. The number of aryl methyl sites for hydroxylation is 1. The van der Waals surface area contributed by atoms with E-state index in [1.807, 2.05) is 0 Å². The molecule has 0 radical (unpaired) electrons. The fraction of sp³-hybridized carbons (Fsp3) is 0.333. The number of rotatable bonds is 7. The Bertz CT molecular complexity index is 1410. The van der Waals surface area contributed by atoms with E-state index in [4.69, 9.17) is 11.6 Å². The van der Waals surface area contributed by atoms with E-state index in [9.17, 15) is 30.8 Å². The molecule has 1 aliphatic heterocycles. The normalized spacial score (nSPS) is 16.3. The van der Waals surface area contributed by atoms with Crippen molar-refractivity contribution >= 4 is 33.1 Å². The zero-order valence-corrected chi connectivity index (χ0v) is 20.7. The molecule has 0 amide bonds. The van der Waals surface area contributed by atoms with E-state index in [2.05, 4.69) is 5.10 Å². The highest BCUT2D eigenvalue weighted by Crippen LogP contribution is 2.32. The van der Waals surface area contributed by atoms with Crippen LogP contribution in [0.15, 0.2) is 48.5 Å². The van der Waals surface area contributed by atoms with E-state index < -0.39 is 33.6 Å². The predicted octanol–water partition coefficient (Wildman–Crippen LogP) is 5.53. The second-order valence-corrected chi connectivity index (χ2v) is 11.0. The number of sulfonamides is 1. The van der Waals surface area contributed by atoms with Gasteiger partial charge in [0, 0.05) is 29.6 Å². The van der Waals surface area contributed by atoms with Crippen molar-refractivity contribution in [3.8, 4) is 5.69 Å². The molecule has 2 aromatic carbocycles. The number of alkyl halides is 3. The standard InChI is InChI=1S/C24H22ClF4N3O3S/c1-15(16-6-8-21(20(26)12-16)31-10-3-11-36(31,34)35)22(33)9-7-19-14-23(24(27,28)29)30-32(19)18-5-2-4-17(25)13-18/h2,4-6,8,12-15H,3,7,9-11H2,1H3. The van der Waals surface area contributed by atoms with Crippen LogP contribution < -0.4 is 4.31 Å². The van der Waals surface area contributed by atoms with Crippen molar-refractivity contribution in [1.82, 2.24) is 9.78 Å². The first-order valence-electron chi connectivity index (χ1n) is 11.1. The average molecular weight is 544 g/mol. The topological polar surface area (TPSA) is 72.3 Å². The summed E-state index contributed by atoms with van der Waals surface area (Å²) in [6, 6.07) is 11.0. The Morgan fingerprint density at radius 1 is 1.17 bits per heavy atom. The number of ketones is 1. The molecule has 0 aliphatic carbocycles. The molecule has 0 bridgehead atoms. The van der Waals surface area contributed by atoms with Crippen LogP contribution in [0.5, 0.6) is 0 Å². The lowest BCUT2D eigenvalue weighted by Crippen LogP contribution is -2.26. The second kappa shape index (κ2) is 9.85. The minimum Gasteiger partial charge on any atom is -0.299 e. The molecule has 1 saturated heterocycles. The van der Waals surface area contributed by atoms with Gasteiger partial charge in [0.15, 0.2) is 5.69 Å². The van der Waals surface area contributed by atoms with Crippen molar-refractivity contribution < 1.29 is 30.8 Å². The van der Waals surface area contributed by atoms with Gasteiger partial charge in [-0.05, 0) is 54.8 Å². The smallest absolute Gasteiger partial charge is 0.299 e. The Labute approximate surface area is 210 Å². The molecule has 36 heavy (non-hydrogen) atoms. The van der Waals surface area contributed by atoms with Gasteiger partial charge >= 0.3 is 6.18 Å². The molecular formula is C24H22ClF4N3O3S. The van der Waals surface area contributed by atoms with E-state index in [0.29, 0.717) is 22.7 Å². The highest BCUT2D eigenvalue weighted by molar-refractivity contribution is 7.93. The highest BCUT2D eigenvalue weighted by atomic mass is 35.5. The summed E-state index contributed by atoms with van der Waals surface area (Å²) in [5, 5.41) is 3.98. The molecule has 0 spiro atoms. The Morgan fingerprint density at radius 2 is 1.92 bits per heavy atom. The Kier molecular flexibility index (Phi) is 7.16. The lowest BCUT2D eigenvalue weighted by atomic mass is 9.93. The minimum atomic E-state index is -4.67. The summed E-state index contributed by atoms with van der Waals surface area (Å²) in [6.07, 6.45) is -4.42. The molecule has 0 N–H and O–H groups in total. The molecule has 192 valence electrons. The summed E-state index contributed by atoms with van der Waals surface area (Å²) in [4.78, 5) is 12.9. The third kappa shape index (κ3) is 5.41. The lowest BCUT2D eigenvalue weighted by molar-refractivity contribution is -0.141. The van der Waals surface area contributed by atoms with Crippen molar-refractivity contribution in [3.05, 3.63) is 76.3 Å². The van der Waals surface area contributed by atoms with E-state index >= 15 is 0 Å². The third-order valence-corrected chi connectivity index (χ3v) is 8.17. The van der Waals surface area contributed by atoms with Gasteiger partial charge in [-0.1, -0.05) is 30.7 Å². The van der Waals surface area contributed by atoms with Gasteiger partial charge in [0.05, 0.1) is 17.1 Å². The minimum absolute atomic E-state index is 0.0364. The molecule has 12 heteroatoms. The number of benzene rings is 2. The van der Waals surface area contributed by atoms with Crippen LogP contribution in [0.25, 0.3) is 5.69 Å². The van der Waals surface area contributed by atoms with Crippen molar-refractivity contribution in [2.45, 2.75) is 38.3 Å². The fourth-order valence-electron chi connectivity index (χ4n) is 4.13. The fourth-order valence-corrected chi connectivity index (χ4v) is 5.88. The zero-order valence-electron chi connectivity index (χ0n) is 19.1. The largest absolute Gasteiger partial charge is 0.435 e. The molecule has 1 unspecified atom stereocenters. The number of carbonyl (C=O) groups excluding carboxylic acids is 1. The summed E-state index contributed by atoms with van der Waals surface area (Å²) in [5.41, 5.74) is -0.320. The quantitative estimate of drug-likeness (QED) is 0.367. The number of carbonyl (C=O) groups is 1. The van der Waals surface area contributed by atoms with Crippen LogP contribution in [0, 0.1) is 5.82 Å². The van der Waals surface area contributed by atoms with Crippen molar-refractivity contribution in [2.75, 3.05) is 16.6 Å². The number of aromatic nitrogens is 2. The summed E-state index contributed by atoms with van der Waals surface area (Å²) >= 11 is 5.98. The van der Waals surface area contributed by atoms with Crippen molar-refractivity contribution in [3.63, 3.8) is 0 Å². The molecule has 1 aromatic heterocycles. The van der Waals surface area contributed by atoms with Crippen LogP contribution in [0.1, 0.15) is 42.6 Å². The molecule has 0 saturated carbocycles. The number of hydrogen-bond acceptors (Lipinski definition) is 4. The van der Waals surface area contributed by atoms with Crippen molar-refractivity contribution in [2.24, 2.45) is 0 Å². The number of nitrogens with zero attached hydrogens (tertiary/aromatic N) is 3. The number of halogens is 5. The maximum Gasteiger partial charge on any atom is 0.435 e. The monoisotopic (exact) mass is 543 g/mol. The number of hydrogen-bond donors (Lipinski definition) is 0. The van der Waals surface area contributed by atoms with E-state index in [0.717, 1.165) is 21.1 Å². The molecule has 2 heterocycles. The summed E-state index contributed by atoms with van der Waals surface area (Å²) in [6.45, 7) is 1.76. The Balaban J connectivity index is 1.52. The van der Waals surface area contributed by atoms with Gasteiger partial charge < -0.3 is 0 Å². The van der Waals surface area contributed by atoms with Crippen LogP contribution >= 0.6 is 11.6 Å². The van der Waals surface area contributed by atoms with Gasteiger partial charge in [-0.25, -0.2) is 17.5 Å². The molecule has 6 nitrogen and oxygen atoms in total. The zero-order chi connectivity index (χ0) is 26.3. The van der Waals surface area contributed by atoms with Crippen LogP contribution in [-0.4, -0.2) is 36.3 Å². The number of Topliss-reactive ketones (excluding diaryl/α,β-unsaturated/α-hetero) is 1. The number of anilines is 1. The molecule has 1 fully saturated rings. The second-order valence-electron chi connectivity index (χ2n) is 8.55. The molecular weight excluding hydrogens is 522 g/mol. The van der Waals surface area contributed by atoms with Gasteiger partial charge in [0.2, 0.25) is 10.0 Å². The average Bonchev–Trinajstić information content (AvgIpc) is 3.40. The Hall–Kier alpha value is -2.92. The van der Waals surface area contributed by atoms with Crippen LogP contribution in [-0.2, 0) is 27.4 Å². The molecule has 1 aliphatic rings. The van der Waals surface area contributed by atoms with Gasteiger partial charge in [-0.3, -0.25) is 9.10 Å². The van der Waals surface area contributed by atoms with Gasteiger partial charge in [-0.2, -0.15) is 18.3 Å². The Morgan fingerprint density at radius 3 is 2.53 bits per heavy atom. The molecule has 4 rings (SSSR count). The first kappa shape index (κ1) is 26.2. The van der Waals surface area contributed by atoms with Gasteiger partial charge in [0.25, 0.3) is 0 Å². The summed E-state index contributed by atoms with van der Waals surface area (Å²) < 4.78 is 81.0. The predicted molar refractivity (Wildman–Crippen MR) is 127 cm³/mol. The first-order valence-corrected chi connectivity index (χ1v) is 13.1. The third-order valence-electron chi connectivity index (χ3n) is 6.08. The van der Waals surface area contributed by atoms with Crippen LogP contribution in [0.3, 0.4) is 0 Å². The van der Waals surface area contributed by atoms with Gasteiger partial charge in [-0.15, -0.1) is 0 Å². The first-order chi connectivity index (χ1) is 16.9. The molecule has 3 aromatic rings. The maximum atomic E-state index is 14.8.